The molecule has 0 atom stereocenters. The highest BCUT2D eigenvalue weighted by molar-refractivity contribution is 6.30. The molecule has 1 aromatic heterocycles. The zero-order valence-electron chi connectivity index (χ0n) is 18.1. The van der Waals surface area contributed by atoms with E-state index in [0.29, 0.717) is 33.2 Å². The molecule has 0 fully saturated rings. The monoisotopic (exact) mass is 463 g/mol. The van der Waals surface area contributed by atoms with Crippen molar-refractivity contribution in [2.75, 3.05) is 11.9 Å². The van der Waals surface area contributed by atoms with E-state index in [1.165, 1.54) is 6.26 Å². The Kier molecular flexibility index (Phi) is 6.66. The van der Waals surface area contributed by atoms with Gasteiger partial charge < -0.3 is 19.2 Å². The fourth-order valence-corrected chi connectivity index (χ4v) is 3.43. The van der Waals surface area contributed by atoms with E-state index in [1.54, 1.807) is 42.5 Å². The SMILES string of the molecule is CC(C)c1ccccc1Oc1coc2cc(OCC(=O)Nc3ccc(Cl)cc3)ccc2c1=O. The van der Waals surface area contributed by atoms with Gasteiger partial charge in [0.25, 0.3) is 5.91 Å². The molecule has 1 heterocycles. The van der Waals surface area contributed by atoms with E-state index in [1.807, 2.05) is 24.3 Å². The molecule has 7 heteroatoms. The molecule has 0 spiro atoms. The number of ether oxygens (including phenoxy) is 2. The summed E-state index contributed by atoms with van der Waals surface area (Å²) in [5.74, 6) is 1.03. The average molecular weight is 464 g/mol. The van der Waals surface area contributed by atoms with Crippen molar-refractivity contribution in [3.05, 3.63) is 93.8 Å². The van der Waals surface area contributed by atoms with Crippen molar-refractivity contribution in [2.24, 2.45) is 0 Å². The first-order valence-electron chi connectivity index (χ1n) is 10.4. The van der Waals surface area contributed by atoms with E-state index in [-0.39, 0.29) is 29.6 Å². The van der Waals surface area contributed by atoms with Crippen molar-refractivity contribution in [1.82, 2.24) is 0 Å². The summed E-state index contributed by atoms with van der Waals surface area (Å²) in [6.07, 6.45) is 1.29. The molecule has 4 aromatic rings. The van der Waals surface area contributed by atoms with Crippen molar-refractivity contribution in [3.8, 4) is 17.2 Å². The van der Waals surface area contributed by atoms with Crippen LogP contribution in [0.25, 0.3) is 11.0 Å². The minimum Gasteiger partial charge on any atom is -0.484 e. The summed E-state index contributed by atoms with van der Waals surface area (Å²) in [6, 6.07) is 19.1. The summed E-state index contributed by atoms with van der Waals surface area (Å²) in [6.45, 7) is 3.91. The second-order valence-corrected chi connectivity index (χ2v) is 8.16. The van der Waals surface area contributed by atoms with Crippen LogP contribution in [0.4, 0.5) is 5.69 Å². The summed E-state index contributed by atoms with van der Waals surface area (Å²) in [5, 5.41) is 3.65. The van der Waals surface area contributed by atoms with Crippen molar-refractivity contribution in [3.63, 3.8) is 0 Å². The van der Waals surface area contributed by atoms with Gasteiger partial charge in [-0.05, 0) is 53.9 Å². The van der Waals surface area contributed by atoms with Gasteiger partial charge in [-0.2, -0.15) is 0 Å². The van der Waals surface area contributed by atoms with E-state index in [9.17, 15) is 9.59 Å². The molecule has 0 radical (unpaired) electrons. The van der Waals surface area contributed by atoms with Gasteiger partial charge in [0.05, 0.1) is 5.39 Å². The smallest absolute Gasteiger partial charge is 0.262 e. The molecule has 168 valence electrons. The Morgan fingerprint density at radius 2 is 1.79 bits per heavy atom. The predicted molar refractivity (Wildman–Crippen MR) is 129 cm³/mol. The van der Waals surface area contributed by atoms with Gasteiger partial charge in [-0.15, -0.1) is 0 Å². The standard InChI is InChI=1S/C26H22ClNO5/c1-16(2)20-5-3-4-6-22(20)33-24-14-32-23-13-19(11-12-21(23)26(24)30)31-15-25(29)28-18-9-7-17(27)8-10-18/h3-14,16H,15H2,1-2H3,(H,28,29). The number of amides is 1. The van der Waals surface area contributed by atoms with E-state index >= 15 is 0 Å². The second-order valence-electron chi connectivity index (χ2n) is 7.73. The van der Waals surface area contributed by atoms with Crippen LogP contribution in [0.15, 0.2) is 82.2 Å². The van der Waals surface area contributed by atoms with Crippen LogP contribution in [-0.2, 0) is 4.79 Å². The molecule has 0 aliphatic heterocycles. The summed E-state index contributed by atoms with van der Waals surface area (Å²) in [5.41, 5.74) is 1.66. The molecule has 0 saturated heterocycles. The number of carbonyl (C=O) groups excluding carboxylic acids is 1. The normalized spacial score (nSPS) is 10.9. The van der Waals surface area contributed by atoms with Gasteiger partial charge in [-0.1, -0.05) is 43.6 Å². The molecule has 1 N–H and O–H groups in total. The Balaban J connectivity index is 1.47. The number of rotatable bonds is 7. The summed E-state index contributed by atoms with van der Waals surface area (Å²) < 4.78 is 17.1. The van der Waals surface area contributed by atoms with E-state index in [0.717, 1.165) is 5.56 Å². The Bertz CT molecular complexity index is 1350. The third kappa shape index (κ3) is 5.35. The molecule has 33 heavy (non-hydrogen) atoms. The molecule has 0 aliphatic carbocycles. The average Bonchev–Trinajstić information content (AvgIpc) is 2.81. The van der Waals surface area contributed by atoms with Crippen molar-refractivity contribution < 1.29 is 18.7 Å². The third-order valence-electron chi connectivity index (χ3n) is 4.97. The van der Waals surface area contributed by atoms with Crippen LogP contribution in [0.2, 0.25) is 5.02 Å². The summed E-state index contributed by atoms with van der Waals surface area (Å²) >= 11 is 5.84. The third-order valence-corrected chi connectivity index (χ3v) is 5.23. The first kappa shape index (κ1) is 22.4. The van der Waals surface area contributed by atoms with E-state index in [4.69, 9.17) is 25.5 Å². The van der Waals surface area contributed by atoms with Crippen LogP contribution in [-0.4, -0.2) is 12.5 Å². The Morgan fingerprint density at radius 1 is 1.03 bits per heavy atom. The molecule has 0 unspecified atom stereocenters. The topological polar surface area (TPSA) is 77.8 Å². The summed E-state index contributed by atoms with van der Waals surface area (Å²) in [7, 11) is 0. The lowest BCUT2D eigenvalue weighted by molar-refractivity contribution is -0.118. The summed E-state index contributed by atoms with van der Waals surface area (Å²) in [4.78, 5) is 25.0. The predicted octanol–water partition coefficient (Wildman–Crippen LogP) is 6.38. The van der Waals surface area contributed by atoms with Gasteiger partial charge in [0, 0.05) is 16.8 Å². The van der Waals surface area contributed by atoms with Crippen molar-refractivity contribution in [1.29, 1.82) is 0 Å². The van der Waals surface area contributed by atoms with Gasteiger partial charge in [-0.3, -0.25) is 9.59 Å². The highest BCUT2D eigenvalue weighted by atomic mass is 35.5. The fourth-order valence-electron chi connectivity index (χ4n) is 3.30. The number of hydrogen-bond acceptors (Lipinski definition) is 5. The van der Waals surface area contributed by atoms with Gasteiger partial charge in [-0.25, -0.2) is 0 Å². The van der Waals surface area contributed by atoms with Crippen molar-refractivity contribution in [2.45, 2.75) is 19.8 Å². The molecule has 4 rings (SSSR count). The lowest BCUT2D eigenvalue weighted by Gasteiger charge is -2.13. The molecular weight excluding hydrogens is 442 g/mol. The van der Waals surface area contributed by atoms with Crippen LogP contribution >= 0.6 is 11.6 Å². The highest BCUT2D eigenvalue weighted by Gasteiger charge is 2.14. The lowest BCUT2D eigenvalue weighted by Crippen LogP contribution is -2.20. The maximum atomic E-state index is 12.9. The lowest BCUT2D eigenvalue weighted by atomic mass is 10.0. The molecule has 3 aromatic carbocycles. The van der Waals surface area contributed by atoms with Crippen molar-refractivity contribution >= 4 is 34.2 Å². The number of carbonyl (C=O) groups is 1. The van der Waals surface area contributed by atoms with Gasteiger partial charge >= 0.3 is 0 Å². The Hall–Kier alpha value is -3.77. The van der Waals surface area contributed by atoms with E-state index in [2.05, 4.69) is 19.2 Å². The number of benzene rings is 3. The second kappa shape index (κ2) is 9.79. The van der Waals surface area contributed by atoms with Crippen LogP contribution in [0, 0.1) is 0 Å². The molecule has 6 nitrogen and oxygen atoms in total. The molecule has 0 aliphatic rings. The molecule has 0 bridgehead atoms. The first-order valence-corrected chi connectivity index (χ1v) is 10.8. The molecule has 1 amide bonds. The van der Waals surface area contributed by atoms with E-state index < -0.39 is 0 Å². The maximum absolute atomic E-state index is 12.9. The van der Waals surface area contributed by atoms with Gasteiger partial charge in [0.1, 0.15) is 23.3 Å². The molecular formula is C26H22ClNO5. The van der Waals surface area contributed by atoms with Crippen LogP contribution in [0.1, 0.15) is 25.3 Å². The number of anilines is 1. The quantitative estimate of drug-likeness (QED) is 0.344. The van der Waals surface area contributed by atoms with Crippen LogP contribution in [0.5, 0.6) is 17.2 Å². The Morgan fingerprint density at radius 3 is 2.55 bits per heavy atom. The van der Waals surface area contributed by atoms with Crippen LogP contribution in [0.3, 0.4) is 0 Å². The number of halogens is 1. The minimum atomic E-state index is -0.327. The maximum Gasteiger partial charge on any atom is 0.262 e. The number of para-hydroxylation sites is 1. The van der Waals surface area contributed by atoms with Crippen LogP contribution < -0.4 is 20.2 Å². The fraction of sp³-hybridized carbons (Fsp3) is 0.154. The largest absolute Gasteiger partial charge is 0.484 e. The highest BCUT2D eigenvalue weighted by Crippen LogP contribution is 2.30. The Labute approximate surface area is 195 Å². The number of fused-ring (bicyclic) bond motifs is 1. The minimum absolute atomic E-state index is 0.103. The zero-order chi connectivity index (χ0) is 23.4. The van der Waals surface area contributed by atoms with Gasteiger partial charge in [0.2, 0.25) is 11.2 Å². The first-order chi connectivity index (χ1) is 15.9. The molecule has 0 saturated carbocycles. The number of nitrogens with one attached hydrogen (secondary N) is 1. The van der Waals surface area contributed by atoms with Gasteiger partial charge in [0.15, 0.2) is 6.61 Å². The zero-order valence-corrected chi connectivity index (χ0v) is 18.9. The number of hydrogen-bond donors (Lipinski definition) is 1.